The highest BCUT2D eigenvalue weighted by molar-refractivity contribution is 9.10. The maximum absolute atomic E-state index is 11.8. The highest BCUT2D eigenvalue weighted by Gasteiger charge is 2.16. The Morgan fingerprint density at radius 2 is 2.25 bits per heavy atom. The molecule has 0 atom stereocenters. The summed E-state index contributed by atoms with van der Waals surface area (Å²) in [6, 6.07) is 3.44. The van der Waals surface area contributed by atoms with Crippen LogP contribution < -0.4 is 5.32 Å². The van der Waals surface area contributed by atoms with E-state index in [9.17, 15) is 4.79 Å². The van der Waals surface area contributed by atoms with Gasteiger partial charge in [-0.25, -0.2) is 9.78 Å². The fourth-order valence-electron chi connectivity index (χ4n) is 1.43. The van der Waals surface area contributed by atoms with E-state index in [1.54, 1.807) is 17.2 Å². The molecular weight excluding hydrogens is 274 g/mol. The first-order chi connectivity index (χ1) is 7.75. The summed E-state index contributed by atoms with van der Waals surface area (Å²) in [6.45, 7) is 2.44. The van der Waals surface area contributed by atoms with Gasteiger partial charge in [0.1, 0.15) is 5.82 Å². The van der Waals surface area contributed by atoms with Crippen molar-refractivity contribution in [2.45, 2.75) is 0 Å². The molecule has 1 N–H and O–H groups in total. The van der Waals surface area contributed by atoms with Crippen molar-refractivity contribution in [2.24, 2.45) is 0 Å². The molecule has 6 heteroatoms. The third-order valence-electron chi connectivity index (χ3n) is 2.26. The second kappa shape index (κ2) is 5.27. The van der Waals surface area contributed by atoms with Crippen molar-refractivity contribution >= 4 is 27.8 Å². The molecule has 2 amide bonds. The number of amides is 2. The summed E-state index contributed by atoms with van der Waals surface area (Å²) in [6.07, 6.45) is 1.64. The van der Waals surface area contributed by atoms with E-state index < -0.39 is 0 Å². The smallest absolute Gasteiger partial charge is 0.323 e. The fraction of sp³-hybridized carbons (Fsp3) is 0.400. The first kappa shape index (κ1) is 11.3. The number of urea groups is 1. The highest BCUT2D eigenvalue weighted by atomic mass is 79.9. The van der Waals surface area contributed by atoms with Crippen LogP contribution in [0.2, 0.25) is 0 Å². The molecule has 0 aliphatic carbocycles. The van der Waals surface area contributed by atoms with Crippen molar-refractivity contribution in [1.29, 1.82) is 0 Å². The lowest BCUT2D eigenvalue weighted by atomic mass is 10.4. The van der Waals surface area contributed by atoms with E-state index in [0.717, 1.165) is 4.47 Å². The van der Waals surface area contributed by atoms with Crippen molar-refractivity contribution in [3.8, 4) is 0 Å². The van der Waals surface area contributed by atoms with Crippen LogP contribution in [0.4, 0.5) is 10.6 Å². The lowest BCUT2D eigenvalue weighted by Gasteiger charge is -2.26. The molecule has 2 rings (SSSR count). The number of carbonyl (C=O) groups is 1. The number of rotatable bonds is 1. The number of pyridine rings is 1. The SMILES string of the molecule is O=C(Nc1cc(Br)ccn1)N1CCOCC1. The van der Waals surface area contributed by atoms with Gasteiger partial charge >= 0.3 is 6.03 Å². The number of nitrogens with zero attached hydrogens (tertiary/aromatic N) is 2. The Kier molecular flexibility index (Phi) is 3.74. The van der Waals surface area contributed by atoms with Crippen molar-refractivity contribution < 1.29 is 9.53 Å². The first-order valence-electron chi connectivity index (χ1n) is 5.01. The van der Waals surface area contributed by atoms with E-state index in [2.05, 4.69) is 26.2 Å². The second-order valence-corrected chi connectivity index (χ2v) is 4.30. The largest absolute Gasteiger partial charge is 0.378 e. The maximum atomic E-state index is 11.8. The quantitative estimate of drug-likeness (QED) is 0.855. The average Bonchev–Trinajstić information content (AvgIpc) is 2.30. The van der Waals surface area contributed by atoms with Gasteiger partial charge < -0.3 is 9.64 Å². The third kappa shape index (κ3) is 2.93. The van der Waals surface area contributed by atoms with E-state index in [1.807, 2.05) is 6.07 Å². The van der Waals surface area contributed by atoms with Gasteiger partial charge in [-0.05, 0) is 12.1 Å². The Morgan fingerprint density at radius 3 is 2.94 bits per heavy atom. The number of halogens is 1. The predicted molar refractivity (Wildman–Crippen MR) is 63.3 cm³/mol. The molecule has 16 heavy (non-hydrogen) atoms. The highest BCUT2D eigenvalue weighted by Crippen LogP contribution is 2.13. The standard InChI is InChI=1S/C10H12BrN3O2/c11-8-1-2-12-9(7-8)13-10(15)14-3-5-16-6-4-14/h1-2,7H,3-6H2,(H,12,13,15). The minimum absolute atomic E-state index is 0.131. The summed E-state index contributed by atoms with van der Waals surface area (Å²) in [4.78, 5) is 17.6. The molecule has 1 aromatic rings. The number of nitrogens with one attached hydrogen (secondary N) is 1. The van der Waals surface area contributed by atoms with Gasteiger partial charge in [0, 0.05) is 23.8 Å². The van der Waals surface area contributed by atoms with Crippen LogP contribution in [0.25, 0.3) is 0 Å². The van der Waals surface area contributed by atoms with Gasteiger partial charge in [0.15, 0.2) is 0 Å². The molecular formula is C10H12BrN3O2. The van der Waals surface area contributed by atoms with Gasteiger partial charge in [-0.2, -0.15) is 0 Å². The molecule has 1 aromatic heterocycles. The summed E-state index contributed by atoms with van der Waals surface area (Å²) in [5.74, 6) is 0.547. The zero-order valence-corrected chi connectivity index (χ0v) is 10.2. The molecule has 0 radical (unpaired) electrons. The van der Waals surface area contributed by atoms with Crippen LogP contribution in [0.1, 0.15) is 0 Å². The lowest BCUT2D eigenvalue weighted by Crippen LogP contribution is -2.43. The zero-order valence-electron chi connectivity index (χ0n) is 8.65. The number of morpholine rings is 1. The van der Waals surface area contributed by atoms with Crippen LogP contribution >= 0.6 is 15.9 Å². The molecule has 0 bridgehead atoms. The number of hydrogen-bond acceptors (Lipinski definition) is 3. The number of hydrogen-bond donors (Lipinski definition) is 1. The van der Waals surface area contributed by atoms with Crippen LogP contribution in [-0.4, -0.2) is 42.2 Å². The minimum Gasteiger partial charge on any atom is -0.378 e. The molecule has 1 aliphatic heterocycles. The Balaban J connectivity index is 1.96. The van der Waals surface area contributed by atoms with Crippen LogP contribution in [0.15, 0.2) is 22.8 Å². The van der Waals surface area contributed by atoms with E-state index in [4.69, 9.17) is 4.74 Å². The average molecular weight is 286 g/mol. The van der Waals surface area contributed by atoms with Gasteiger partial charge in [0.05, 0.1) is 13.2 Å². The summed E-state index contributed by atoms with van der Waals surface area (Å²) < 4.78 is 6.06. The second-order valence-electron chi connectivity index (χ2n) is 3.39. The third-order valence-corrected chi connectivity index (χ3v) is 2.75. The van der Waals surface area contributed by atoms with Crippen molar-refractivity contribution in [1.82, 2.24) is 9.88 Å². The zero-order chi connectivity index (χ0) is 11.4. The van der Waals surface area contributed by atoms with Gasteiger partial charge in [0.2, 0.25) is 0 Å². The maximum Gasteiger partial charge on any atom is 0.323 e. The van der Waals surface area contributed by atoms with Crippen molar-refractivity contribution in [2.75, 3.05) is 31.6 Å². The fourth-order valence-corrected chi connectivity index (χ4v) is 1.76. The summed E-state index contributed by atoms with van der Waals surface area (Å²) >= 11 is 3.32. The summed E-state index contributed by atoms with van der Waals surface area (Å²) in [5, 5.41) is 2.74. The summed E-state index contributed by atoms with van der Waals surface area (Å²) in [5.41, 5.74) is 0. The molecule has 86 valence electrons. The van der Waals surface area contributed by atoms with Crippen LogP contribution in [-0.2, 0) is 4.74 Å². The lowest BCUT2D eigenvalue weighted by molar-refractivity contribution is 0.0564. The van der Waals surface area contributed by atoms with Crippen LogP contribution in [0, 0.1) is 0 Å². The monoisotopic (exact) mass is 285 g/mol. The van der Waals surface area contributed by atoms with Crippen molar-refractivity contribution in [3.05, 3.63) is 22.8 Å². The molecule has 1 fully saturated rings. The number of ether oxygens (including phenoxy) is 1. The Morgan fingerprint density at radius 1 is 1.50 bits per heavy atom. The van der Waals surface area contributed by atoms with Gasteiger partial charge in [-0.3, -0.25) is 5.32 Å². The van der Waals surface area contributed by atoms with E-state index in [-0.39, 0.29) is 6.03 Å². The topological polar surface area (TPSA) is 54.5 Å². The molecule has 0 saturated carbocycles. The number of carbonyl (C=O) groups excluding carboxylic acids is 1. The van der Waals surface area contributed by atoms with Crippen molar-refractivity contribution in [3.63, 3.8) is 0 Å². The molecule has 5 nitrogen and oxygen atoms in total. The Labute approximate surface area is 102 Å². The molecule has 1 saturated heterocycles. The summed E-state index contributed by atoms with van der Waals surface area (Å²) in [7, 11) is 0. The number of anilines is 1. The Hall–Kier alpha value is -1.14. The van der Waals surface area contributed by atoms with Crippen LogP contribution in [0.5, 0.6) is 0 Å². The van der Waals surface area contributed by atoms with Gasteiger partial charge in [0.25, 0.3) is 0 Å². The van der Waals surface area contributed by atoms with E-state index >= 15 is 0 Å². The van der Waals surface area contributed by atoms with Gasteiger partial charge in [-0.1, -0.05) is 15.9 Å². The van der Waals surface area contributed by atoms with E-state index in [1.165, 1.54) is 0 Å². The molecule has 2 heterocycles. The molecule has 0 unspecified atom stereocenters. The Bertz CT molecular complexity index is 380. The molecule has 0 spiro atoms. The van der Waals surface area contributed by atoms with E-state index in [0.29, 0.717) is 32.1 Å². The molecule has 1 aliphatic rings. The normalized spacial score (nSPS) is 15.9. The van der Waals surface area contributed by atoms with Gasteiger partial charge in [-0.15, -0.1) is 0 Å². The van der Waals surface area contributed by atoms with Crippen LogP contribution in [0.3, 0.4) is 0 Å². The number of aromatic nitrogens is 1. The predicted octanol–water partition coefficient (Wildman–Crippen LogP) is 1.71. The minimum atomic E-state index is -0.131. The first-order valence-corrected chi connectivity index (χ1v) is 5.80. The molecule has 0 aromatic carbocycles.